The molecule has 7 heteroatoms. The van der Waals surface area contributed by atoms with Crippen LogP contribution in [0.1, 0.15) is 22.5 Å². The Balaban J connectivity index is 2.06. The fourth-order valence-electron chi connectivity index (χ4n) is 1.82. The smallest absolute Gasteiger partial charge is 0.395 e. The van der Waals surface area contributed by atoms with Gasteiger partial charge in [0, 0.05) is 11.6 Å². The molecule has 0 saturated carbocycles. The van der Waals surface area contributed by atoms with Gasteiger partial charge >= 0.3 is 5.88 Å². The van der Waals surface area contributed by atoms with E-state index < -0.39 is 16.7 Å². The van der Waals surface area contributed by atoms with Crippen molar-refractivity contribution in [1.82, 2.24) is 0 Å². The molecule has 0 saturated heterocycles. The second kappa shape index (κ2) is 6.90. The van der Waals surface area contributed by atoms with Crippen molar-refractivity contribution >= 4 is 29.1 Å². The molecule has 0 aliphatic carbocycles. The third-order valence-electron chi connectivity index (χ3n) is 2.78. The van der Waals surface area contributed by atoms with Crippen molar-refractivity contribution in [3.8, 4) is 0 Å². The first-order chi connectivity index (χ1) is 10.1. The first-order valence-corrected chi connectivity index (χ1v) is 6.84. The fraction of sp³-hybridized carbons (Fsp3) is 0.214. The number of amides is 1. The number of nitrogens with zero attached hydrogens (tertiary/aromatic N) is 1. The summed E-state index contributed by atoms with van der Waals surface area (Å²) in [5.41, 5.74) is 1.66. The molecule has 110 valence electrons. The molecule has 1 N–H and O–H groups in total. The van der Waals surface area contributed by atoms with Crippen LogP contribution in [-0.2, 0) is 6.42 Å². The SMILES string of the molecule is O=C(Nc1cccc(CCCCl)c1)c1ccc([N+](=O)[O-])o1. The summed E-state index contributed by atoms with van der Waals surface area (Å²) in [6, 6.07) is 9.75. The van der Waals surface area contributed by atoms with Crippen molar-refractivity contribution in [2.75, 3.05) is 11.2 Å². The summed E-state index contributed by atoms with van der Waals surface area (Å²) in [5, 5.41) is 13.1. The molecule has 0 unspecified atom stereocenters. The fourth-order valence-corrected chi connectivity index (χ4v) is 1.95. The highest BCUT2D eigenvalue weighted by Crippen LogP contribution is 2.18. The van der Waals surface area contributed by atoms with Crippen LogP contribution in [0.4, 0.5) is 11.6 Å². The summed E-state index contributed by atoms with van der Waals surface area (Å²) in [6.07, 6.45) is 1.67. The van der Waals surface area contributed by atoms with Crippen LogP contribution in [0.5, 0.6) is 0 Å². The lowest BCUT2D eigenvalue weighted by atomic mass is 10.1. The predicted molar refractivity (Wildman–Crippen MR) is 78.8 cm³/mol. The molecule has 0 aliphatic heterocycles. The summed E-state index contributed by atoms with van der Waals surface area (Å²) in [6.45, 7) is 0. The van der Waals surface area contributed by atoms with E-state index in [1.165, 1.54) is 6.07 Å². The number of aryl methyl sites for hydroxylation is 1. The van der Waals surface area contributed by atoms with Gasteiger partial charge in [-0.15, -0.1) is 11.6 Å². The lowest BCUT2D eigenvalue weighted by Crippen LogP contribution is -2.11. The van der Waals surface area contributed by atoms with Gasteiger partial charge in [-0.05, 0) is 36.6 Å². The Bertz CT molecular complexity index is 654. The maximum absolute atomic E-state index is 11.9. The lowest BCUT2D eigenvalue weighted by molar-refractivity contribution is -0.402. The van der Waals surface area contributed by atoms with Crippen LogP contribution in [0.25, 0.3) is 0 Å². The van der Waals surface area contributed by atoms with Crippen LogP contribution in [0.2, 0.25) is 0 Å². The number of alkyl halides is 1. The van der Waals surface area contributed by atoms with Gasteiger partial charge in [0.15, 0.2) is 5.76 Å². The van der Waals surface area contributed by atoms with E-state index in [0.29, 0.717) is 11.6 Å². The molecule has 1 aromatic heterocycles. The molecule has 0 radical (unpaired) electrons. The maximum Gasteiger partial charge on any atom is 0.433 e. The summed E-state index contributed by atoms with van der Waals surface area (Å²) >= 11 is 5.65. The molecular weight excluding hydrogens is 296 g/mol. The number of anilines is 1. The number of furan rings is 1. The maximum atomic E-state index is 11.9. The molecule has 21 heavy (non-hydrogen) atoms. The monoisotopic (exact) mass is 308 g/mol. The normalized spacial score (nSPS) is 10.3. The van der Waals surface area contributed by atoms with Gasteiger partial charge in [0.2, 0.25) is 0 Å². The summed E-state index contributed by atoms with van der Waals surface area (Å²) in [7, 11) is 0. The highest BCUT2D eigenvalue weighted by molar-refractivity contribution is 6.17. The minimum Gasteiger partial charge on any atom is -0.395 e. The van der Waals surface area contributed by atoms with Crippen molar-refractivity contribution in [3.05, 3.63) is 57.8 Å². The molecule has 2 rings (SSSR count). The van der Waals surface area contributed by atoms with Crippen LogP contribution in [0.3, 0.4) is 0 Å². The van der Waals surface area contributed by atoms with Crippen molar-refractivity contribution in [2.24, 2.45) is 0 Å². The van der Waals surface area contributed by atoms with Crippen molar-refractivity contribution < 1.29 is 14.1 Å². The Kier molecular flexibility index (Phi) is 4.94. The average molecular weight is 309 g/mol. The van der Waals surface area contributed by atoms with E-state index >= 15 is 0 Å². The topological polar surface area (TPSA) is 85.4 Å². The van der Waals surface area contributed by atoms with Gasteiger partial charge in [0.05, 0.1) is 6.07 Å². The second-order valence-corrected chi connectivity index (χ2v) is 4.72. The average Bonchev–Trinajstić information content (AvgIpc) is 2.95. The summed E-state index contributed by atoms with van der Waals surface area (Å²) in [5.74, 6) is -0.520. The number of carbonyl (C=O) groups is 1. The van der Waals surface area contributed by atoms with Gasteiger partial charge in [-0.1, -0.05) is 12.1 Å². The molecule has 0 aliphatic rings. The van der Waals surface area contributed by atoms with Gasteiger partial charge in [0.1, 0.15) is 4.92 Å². The molecule has 0 bridgehead atoms. The first-order valence-electron chi connectivity index (χ1n) is 6.30. The van der Waals surface area contributed by atoms with Crippen LogP contribution in [-0.4, -0.2) is 16.7 Å². The number of halogens is 1. The van der Waals surface area contributed by atoms with Crippen molar-refractivity contribution in [2.45, 2.75) is 12.8 Å². The van der Waals surface area contributed by atoms with Crippen LogP contribution in [0.15, 0.2) is 40.8 Å². The van der Waals surface area contributed by atoms with Crippen molar-refractivity contribution in [1.29, 1.82) is 0 Å². The molecule has 1 aromatic carbocycles. The van der Waals surface area contributed by atoms with E-state index in [0.717, 1.165) is 24.5 Å². The zero-order chi connectivity index (χ0) is 15.2. The van der Waals surface area contributed by atoms with E-state index in [1.807, 2.05) is 18.2 Å². The first kappa shape index (κ1) is 15.1. The van der Waals surface area contributed by atoms with Crippen LogP contribution >= 0.6 is 11.6 Å². The van der Waals surface area contributed by atoms with Gasteiger partial charge in [-0.3, -0.25) is 14.9 Å². The standard InChI is InChI=1S/C14H13ClN2O4/c15-8-2-4-10-3-1-5-11(9-10)16-14(18)12-6-7-13(21-12)17(19)20/h1,3,5-7,9H,2,4,8H2,(H,16,18). The molecule has 0 spiro atoms. The van der Waals surface area contributed by atoms with E-state index in [9.17, 15) is 14.9 Å². The van der Waals surface area contributed by atoms with E-state index in [-0.39, 0.29) is 5.76 Å². The lowest BCUT2D eigenvalue weighted by Gasteiger charge is -2.05. The van der Waals surface area contributed by atoms with Gasteiger partial charge < -0.3 is 9.73 Å². The number of hydrogen-bond donors (Lipinski definition) is 1. The van der Waals surface area contributed by atoms with Crippen LogP contribution in [0, 0.1) is 10.1 Å². The number of benzene rings is 1. The number of nitro groups is 1. The number of rotatable bonds is 6. The molecule has 6 nitrogen and oxygen atoms in total. The highest BCUT2D eigenvalue weighted by Gasteiger charge is 2.17. The minimum absolute atomic E-state index is 0.104. The number of carbonyl (C=O) groups excluding carboxylic acids is 1. The minimum atomic E-state index is -0.691. The van der Waals surface area contributed by atoms with Gasteiger partial charge in [-0.25, -0.2) is 0 Å². The highest BCUT2D eigenvalue weighted by atomic mass is 35.5. The predicted octanol–water partition coefficient (Wildman–Crippen LogP) is 3.61. The number of hydrogen-bond acceptors (Lipinski definition) is 4. The Morgan fingerprint density at radius 2 is 2.14 bits per heavy atom. The molecule has 0 atom stereocenters. The third-order valence-corrected chi connectivity index (χ3v) is 3.05. The van der Waals surface area contributed by atoms with Crippen LogP contribution < -0.4 is 5.32 Å². The summed E-state index contributed by atoms with van der Waals surface area (Å²) in [4.78, 5) is 21.7. The second-order valence-electron chi connectivity index (χ2n) is 4.34. The molecule has 0 fully saturated rings. The Labute approximate surface area is 125 Å². The van der Waals surface area contributed by atoms with E-state index in [2.05, 4.69) is 5.32 Å². The van der Waals surface area contributed by atoms with E-state index in [1.54, 1.807) is 6.07 Å². The molecule has 1 heterocycles. The van der Waals surface area contributed by atoms with Crippen molar-refractivity contribution in [3.63, 3.8) is 0 Å². The molecular formula is C14H13ClN2O4. The van der Waals surface area contributed by atoms with Gasteiger partial charge in [0.25, 0.3) is 5.91 Å². The zero-order valence-electron chi connectivity index (χ0n) is 11.0. The largest absolute Gasteiger partial charge is 0.433 e. The Hall–Kier alpha value is -2.34. The zero-order valence-corrected chi connectivity index (χ0v) is 11.8. The quantitative estimate of drug-likeness (QED) is 0.502. The Morgan fingerprint density at radius 3 is 2.81 bits per heavy atom. The summed E-state index contributed by atoms with van der Waals surface area (Å²) < 4.78 is 4.85. The Morgan fingerprint density at radius 1 is 1.33 bits per heavy atom. The number of nitrogens with one attached hydrogen (secondary N) is 1. The third kappa shape index (κ3) is 4.06. The molecule has 1 amide bonds. The van der Waals surface area contributed by atoms with Gasteiger partial charge in [-0.2, -0.15) is 0 Å². The molecule has 2 aromatic rings. The van der Waals surface area contributed by atoms with E-state index in [4.69, 9.17) is 16.0 Å².